The molecule has 1 saturated heterocycles. The number of fused-ring (bicyclic) bond motifs is 3. The van der Waals surface area contributed by atoms with Crippen LogP contribution in [0.25, 0.3) is 0 Å². The minimum absolute atomic E-state index is 0.0586. The van der Waals surface area contributed by atoms with E-state index in [-0.39, 0.29) is 34.4 Å². The monoisotopic (exact) mass is 568 g/mol. The fourth-order valence-corrected chi connectivity index (χ4v) is 5.94. The summed E-state index contributed by atoms with van der Waals surface area (Å²) >= 11 is 0. The van der Waals surface area contributed by atoms with Gasteiger partial charge in [0.1, 0.15) is 35.6 Å². The Bertz CT molecular complexity index is 1500. The zero-order valence-corrected chi connectivity index (χ0v) is 22.1. The lowest BCUT2D eigenvalue weighted by Crippen LogP contribution is -2.53. The summed E-state index contributed by atoms with van der Waals surface area (Å²) in [5.74, 6) is -3.91. The molecule has 41 heavy (non-hydrogen) atoms. The van der Waals surface area contributed by atoms with Crippen LogP contribution in [0.1, 0.15) is 68.8 Å². The number of Topliss-reactive ketones (excluding diaryl/α,β-unsaturated/α-hetero) is 1. The van der Waals surface area contributed by atoms with Crippen LogP contribution in [0.15, 0.2) is 18.2 Å². The van der Waals surface area contributed by atoms with Crippen molar-refractivity contribution in [1.29, 1.82) is 5.26 Å². The van der Waals surface area contributed by atoms with Crippen LogP contribution in [-0.4, -0.2) is 86.7 Å². The van der Waals surface area contributed by atoms with E-state index in [0.29, 0.717) is 0 Å². The molecule has 2 aliphatic carbocycles. The predicted octanol–water partition coefficient (Wildman–Crippen LogP) is 0.113. The van der Waals surface area contributed by atoms with E-state index in [1.165, 1.54) is 25.3 Å². The third kappa shape index (κ3) is 4.41. The summed E-state index contributed by atoms with van der Waals surface area (Å²) in [7, 11) is 1.31. The average molecular weight is 569 g/mol. The van der Waals surface area contributed by atoms with Crippen LogP contribution in [0.3, 0.4) is 0 Å². The molecule has 6 atom stereocenters. The summed E-state index contributed by atoms with van der Waals surface area (Å²) in [6.07, 6.45) is -3.83. The van der Waals surface area contributed by atoms with Gasteiger partial charge in [-0.2, -0.15) is 5.26 Å². The number of methoxy groups -OCH3 is 1. The molecule has 3 aliphatic rings. The molecule has 1 heterocycles. The summed E-state index contributed by atoms with van der Waals surface area (Å²) in [4.78, 5) is 39.9. The number of hydrogen-bond acceptors (Lipinski definition) is 13. The Labute approximate surface area is 233 Å². The SMILES string of the molecule is COc1cccc2c1C(=O)c1c(O)c3c(c(O)c1C2=O)C[C@@](O)(C(=O)CO)C[C@@H]3OC1CC(NC#N)C(O)C(C)O1. The zero-order valence-electron chi connectivity index (χ0n) is 22.1. The number of nitriles is 1. The number of phenolic OH excluding ortho intramolecular Hbond substituents is 2. The Morgan fingerprint density at radius 2 is 1.90 bits per heavy atom. The fraction of sp³-hybridized carbons (Fsp3) is 0.429. The van der Waals surface area contributed by atoms with Crippen LogP contribution in [0.5, 0.6) is 17.2 Å². The lowest BCUT2D eigenvalue weighted by Gasteiger charge is -2.42. The molecule has 0 spiro atoms. The van der Waals surface area contributed by atoms with Crippen molar-refractivity contribution in [3.8, 4) is 23.4 Å². The van der Waals surface area contributed by atoms with Crippen molar-refractivity contribution in [2.75, 3.05) is 13.7 Å². The van der Waals surface area contributed by atoms with Gasteiger partial charge in [0.15, 0.2) is 24.0 Å². The minimum atomic E-state index is -2.28. The van der Waals surface area contributed by atoms with Gasteiger partial charge in [-0.25, -0.2) is 0 Å². The Hall–Kier alpha value is -4.06. The number of ether oxygens (including phenoxy) is 3. The lowest BCUT2D eigenvalue weighted by molar-refractivity contribution is -0.249. The van der Waals surface area contributed by atoms with Crippen molar-refractivity contribution in [2.45, 2.75) is 62.4 Å². The molecule has 2 aromatic rings. The number of aliphatic hydroxyl groups excluding tert-OH is 2. The second kappa shape index (κ2) is 10.4. The van der Waals surface area contributed by atoms with Gasteiger partial charge in [0.25, 0.3) is 0 Å². The maximum Gasteiger partial charge on any atom is 0.202 e. The van der Waals surface area contributed by atoms with E-state index in [4.69, 9.17) is 19.5 Å². The van der Waals surface area contributed by atoms with Gasteiger partial charge in [-0.3, -0.25) is 14.4 Å². The molecule has 0 saturated carbocycles. The number of aromatic hydroxyl groups is 2. The molecule has 0 radical (unpaired) electrons. The third-order valence-corrected chi connectivity index (χ3v) is 8.01. The number of rotatable bonds is 6. The molecule has 6 N–H and O–H groups in total. The standard InChI is InChI=1S/C28H28N2O11/c1-11-23(33)14(30-10-29)6-18(40-11)41-16-8-28(38,17(32)9-31)7-13-20(16)27(37)22-21(25(13)35)24(34)12-4-3-5-15(39-2)19(12)26(22)36/h3-5,11,14,16,18,23,30-31,33,35,37-38H,6-9H2,1-2H3/t11?,14?,16-,18?,23?,28-/m0/s1. The molecular formula is C28H28N2O11. The molecule has 5 rings (SSSR count). The number of hydrogen-bond donors (Lipinski definition) is 6. The van der Waals surface area contributed by atoms with Crippen molar-refractivity contribution in [3.63, 3.8) is 0 Å². The molecule has 1 fully saturated rings. The van der Waals surface area contributed by atoms with Crippen molar-refractivity contribution >= 4 is 17.3 Å². The predicted molar refractivity (Wildman–Crippen MR) is 136 cm³/mol. The van der Waals surface area contributed by atoms with Crippen LogP contribution >= 0.6 is 0 Å². The first-order chi connectivity index (χ1) is 19.5. The molecule has 0 amide bonds. The quantitative estimate of drug-likeness (QED) is 0.132. The Morgan fingerprint density at radius 1 is 1.20 bits per heavy atom. The Kier molecular flexibility index (Phi) is 7.22. The largest absolute Gasteiger partial charge is 0.507 e. The number of phenols is 2. The van der Waals surface area contributed by atoms with Crippen LogP contribution in [0, 0.1) is 11.5 Å². The molecule has 13 heteroatoms. The van der Waals surface area contributed by atoms with E-state index in [1.54, 1.807) is 13.1 Å². The smallest absolute Gasteiger partial charge is 0.202 e. The summed E-state index contributed by atoms with van der Waals surface area (Å²) in [5, 5.41) is 65.6. The van der Waals surface area contributed by atoms with Crippen molar-refractivity contribution in [1.82, 2.24) is 5.32 Å². The average Bonchev–Trinajstić information content (AvgIpc) is 2.95. The fourth-order valence-electron chi connectivity index (χ4n) is 5.94. The van der Waals surface area contributed by atoms with Gasteiger partial charge in [-0.15, -0.1) is 0 Å². The van der Waals surface area contributed by atoms with Gasteiger partial charge in [-0.1, -0.05) is 12.1 Å². The first-order valence-corrected chi connectivity index (χ1v) is 12.8. The summed E-state index contributed by atoms with van der Waals surface area (Å²) in [6.45, 7) is 0.500. The molecule has 4 unspecified atom stereocenters. The third-order valence-electron chi connectivity index (χ3n) is 8.01. The second-order valence-electron chi connectivity index (χ2n) is 10.4. The van der Waals surface area contributed by atoms with Gasteiger partial charge in [0, 0.05) is 36.0 Å². The summed E-state index contributed by atoms with van der Waals surface area (Å²) in [6, 6.07) is 3.56. The lowest BCUT2D eigenvalue weighted by atomic mass is 9.72. The van der Waals surface area contributed by atoms with Gasteiger partial charge in [0.05, 0.1) is 42.0 Å². The van der Waals surface area contributed by atoms with Crippen LogP contribution in [0.2, 0.25) is 0 Å². The highest BCUT2D eigenvalue weighted by molar-refractivity contribution is 6.31. The number of nitrogens with zero attached hydrogens (tertiary/aromatic N) is 1. The molecular weight excluding hydrogens is 540 g/mol. The summed E-state index contributed by atoms with van der Waals surface area (Å²) in [5.41, 5.74) is -3.82. The van der Waals surface area contributed by atoms with Gasteiger partial charge >= 0.3 is 0 Å². The molecule has 13 nitrogen and oxygen atoms in total. The topological polar surface area (TPSA) is 216 Å². The maximum absolute atomic E-state index is 13.7. The first kappa shape index (κ1) is 28.5. The van der Waals surface area contributed by atoms with E-state index in [0.717, 1.165) is 0 Å². The van der Waals surface area contributed by atoms with E-state index in [1.807, 2.05) is 0 Å². The number of ketones is 3. The molecule has 216 valence electrons. The van der Waals surface area contributed by atoms with Crippen molar-refractivity contribution in [3.05, 3.63) is 51.6 Å². The van der Waals surface area contributed by atoms with Gasteiger partial charge in [-0.05, 0) is 13.0 Å². The van der Waals surface area contributed by atoms with Crippen molar-refractivity contribution in [2.24, 2.45) is 0 Å². The molecule has 0 aromatic heterocycles. The maximum atomic E-state index is 13.7. The second-order valence-corrected chi connectivity index (χ2v) is 10.4. The van der Waals surface area contributed by atoms with E-state index < -0.39 is 95.7 Å². The molecule has 0 bridgehead atoms. The Balaban J connectivity index is 1.67. The number of carbonyl (C=O) groups is 3. The highest BCUT2D eigenvalue weighted by atomic mass is 16.7. The van der Waals surface area contributed by atoms with Gasteiger partial charge in [0.2, 0.25) is 5.78 Å². The highest BCUT2D eigenvalue weighted by Crippen LogP contribution is 2.52. The van der Waals surface area contributed by atoms with Crippen LogP contribution in [0.4, 0.5) is 0 Å². The number of benzene rings is 2. The Morgan fingerprint density at radius 3 is 2.56 bits per heavy atom. The minimum Gasteiger partial charge on any atom is -0.507 e. The van der Waals surface area contributed by atoms with Crippen LogP contribution in [-0.2, 0) is 20.7 Å². The van der Waals surface area contributed by atoms with Gasteiger partial charge < -0.3 is 45.1 Å². The van der Waals surface area contributed by atoms with Crippen LogP contribution < -0.4 is 10.1 Å². The zero-order chi connectivity index (χ0) is 29.8. The van der Waals surface area contributed by atoms with E-state index >= 15 is 0 Å². The van der Waals surface area contributed by atoms with E-state index in [9.17, 15) is 39.9 Å². The number of carbonyl (C=O) groups excluding carboxylic acids is 3. The van der Waals surface area contributed by atoms with E-state index in [2.05, 4.69) is 5.32 Å². The summed E-state index contributed by atoms with van der Waals surface area (Å²) < 4.78 is 17.1. The number of nitrogens with one attached hydrogen (secondary N) is 1. The first-order valence-electron chi connectivity index (χ1n) is 12.8. The number of aliphatic hydroxyl groups is 3. The van der Waals surface area contributed by atoms with Crippen molar-refractivity contribution < 1.29 is 54.1 Å². The molecule has 2 aromatic carbocycles. The molecule has 1 aliphatic heterocycles. The highest BCUT2D eigenvalue weighted by Gasteiger charge is 2.50. The normalized spacial score (nSPS) is 28.6.